The summed E-state index contributed by atoms with van der Waals surface area (Å²) in [6.07, 6.45) is 7.13. The van der Waals surface area contributed by atoms with Crippen LogP contribution in [0.2, 0.25) is 0 Å². The van der Waals surface area contributed by atoms with Gasteiger partial charge in [0.2, 0.25) is 5.91 Å². The standard InChI is InChI=1S/C14H29NO2/c1-4-5-6-7-8-9-14(17)15-13(10-11-16)12(2)3/h12-13,16H,4-11H2,1-3H3,(H,15,17). The van der Waals surface area contributed by atoms with Crippen molar-refractivity contribution in [3.05, 3.63) is 0 Å². The molecule has 1 unspecified atom stereocenters. The molecule has 3 heteroatoms. The van der Waals surface area contributed by atoms with Gasteiger partial charge in [0.1, 0.15) is 0 Å². The van der Waals surface area contributed by atoms with E-state index in [0.29, 0.717) is 18.8 Å². The minimum absolute atomic E-state index is 0.114. The summed E-state index contributed by atoms with van der Waals surface area (Å²) < 4.78 is 0. The lowest BCUT2D eigenvalue weighted by atomic mass is 10.0. The summed E-state index contributed by atoms with van der Waals surface area (Å²) >= 11 is 0. The molecule has 2 N–H and O–H groups in total. The van der Waals surface area contributed by atoms with Gasteiger partial charge in [-0.05, 0) is 18.8 Å². The highest BCUT2D eigenvalue weighted by molar-refractivity contribution is 5.76. The second-order valence-electron chi connectivity index (χ2n) is 5.09. The van der Waals surface area contributed by atoms with Gasteiger partial charge in [-0.3, -0.25) is 4.79 Å². The van der Waals surface area contributed by atoms with E-state index in [2.05, 4.69) is 26.1 Å². The Bertz CT molecular complexity index is 193. The van der Waals surface area contributed by atoms with Gasteiger partial charge in [-0.1, -0.05) is 46.5 Å². The number of carbonyl (C=O) groups excluding carboxylic acids is 1. The zero-order chi connectivity index (χ0) is 13.1. The fraction of sp³-hybridized carbons (Fsp3) is 0.929. The molecule has 0 aliphatic carbocycles. The second kappa shape index (κ2) is 10.6. The summed E-state index contributed by atoms with van der Waals surface area (Å²) in [5.41, 5.74) is 0. The fourth-order valence-corrected chi connectivity index (χ4v) is 1.88. The predicted octanol–water partition coefficient (Wildman–Crippen LogP) is 2.87. The highest BCUT2D eigenvalue weighted by Crippen LogP contribution is 2.08. The first-order valence-corrected chi connectivity index (χ1v) is 7.02. The molecule has 17 heavy (non-hydrogen) atoms. The highest BCUT2D eigenvalue weighted by atomic mass is 16.3. The van der Waals surface area contributed by atoms with E-state index >= 15 is 0 Å². The first kappa shape index (κ1) is 16.4. The van der Waals surface area contributed by atoms with Crippen molar-refractivity contribution < 1.29 is 9.90 Å². The largest absolute Gasteiger partial charge is 0.396 e. The van der Waals surface area contributed by atoms with Crippen LogP contribution in [0.4, 0.5) is 0 Å². The number of amides is 1. The molecule has 0 heterocycles. The van der Waals surface area contributed by atoms with Crippen LogP contribution in [0.25, 0.3) is 0 Å². The molecule has 0 saturated heterocycles. The van der Waals surface area contributed by atoms with Crippen LogP contribution in [-0.4, -0.2) is 23.7 Å². The molecule has 0 aromatic rings. The zero-order valence-corrected chi connectivity index (χ0v) is 11.7. The molecule has 1 atom stereocenters. The normalized spacial score (nSPS) is 12.8. The third kappa shape index (κ3) is 9.16. The summed E-state index contributed by atoms with van der Waals surface area (Å²) in [4.78, 5) is 11.7. The van der Waals surface area contributed by atoms with E-state index in [1.807, 2.05) is 0 Å². The molecule has 0 bridgehead atoms. The maximum atomic E-state index is 11.7. The number of aliphatic hydroxyl groups is 1. The van der Waals surface area contributed by atoms with E-state index in [1.54, 1.807) is 0 Å². The predicted molar refractivity (Wildman–Crippen MR) is 71.8 cm³/mol. The second-order valence-corrected chi connectivity index (χ2v) is 5.09. The molecule has 0 spiro atoms. The van der Waals surface area contributed by atoms with Crippen LogP contribution in [0.15, 0.2) is 0 Å². The van der Waals surface area contributed by atoms with E-state index in [9.17, 15) is 4.79 Å². The van der Waals surface area contributed by atoms with Crippen molar-refractivity contribution in [1.29, 1.82) is 0 Å². The monoisotopic (exact) mass is 243 g/mol. The number of hydrogen-bond donors (Lipinski definition) is 2. The van der Waals surface area contributed by atoms with E-state index in [0.717, 1.165) is 12.8 Å². The molecule has 102 valence electrons. The fourth-order valence-electron chi connectivity index (χ4n) is 1.88. The van der Waals surface area contributed by atoms with Crippen molar-refractivity contribution in [1.82, 2.24) is 5.32 Å². The third-order valence-electron chi connectivity index (χ3n) is 3.10. The van der Waals surface area contributed by atoms with Crippen molar-refractivity contribution in [3.63, 3.8) is 0 Å². The lowest BCUT2D eigenvalue weighted by molar-refractivity contribution is -0.122. The molecule has 0 aromatic heterocycles. The van der Waals surface area contributed by atoms with E-state index in [1.165, 1.54) is 19.3 Å². The zero-order valence-electron chi connectivity index (χ0n) is 11.7. The number of carbonyl (C=O) groups is 1. The Kier molecular flexibility index (Phi) is 10.2. The molecule has 1 amide bonds. The van der Waals surface area contributed by atoms with Crippen LogP contribution in [0.3, 0.4) is 0 Å². The molecular formula is C14H29NO2. The summed E-state index contributed by atoms with van der Waals surface area (Å²) in [5.74, 6) is 0.514. The van der Waals surface area contributed by atoms with Crippen LogP contribution in [0.5, 0.6) is 0 Å². The average molecular weight is 243 g/mol. The van der Waals surface area contributed by atoms with Gasteiger partial charge in [0.25, 0.3) is 0 Å². The van der Waals surface area contributed by atoms with Crippen LogP contribution < -0.4 is 5.32 Å². The van der Waals surface area contributed by atoms with Crippen LogP contribution in [0, 0.1) is 5.92 Å². The number of aliphatic hydroxyl groups excluding tert-OH is 1. The molecule has 0 aliphatic heterocycles. The van der Waals surface area contributed by atoms with E-state index in [4.69, 9.17) is 5.11 Å². The Hall–Kier alpha value is -0.570. The number of unbranched alkanes of at least 4 members (excludes halogenated alkanes) is 4. The molecule has 0 aliphatic rings. The molecule has 0 rings (SSSR count). The van der Waals surface area contributed by atoms with Crippen LogP contribution in [0.1, 0.15) is 65.7 Å². The lowest BCUT2D eigenvalue weighted by Gasteiger charge is -2.21. The smallest absolute Gasteiger partial charge is 0.220 e. The van der Waals surface area contributed by atoms with Crippen LogP contribution >= 0.6 is 0 Å². The maximum Gasteiger partial charge on any atom is 0.220 e. The molecule has 3 nitrogen and oxygen atoms in total. The van der Waals surface area contributed by atoms with Gasteiger partial charge in [-0.2, -0.15) is 0 Å². The van der Waals surface area contributed by atoms with Gasteiger partial charge >= 0.3 is 0 Å². The maximum absolute atomic E-state index is 11.7. The van der Waals surface area contributed by atoms with Crippen molar-refractivity contribution >= 4 is 5.91 Å². The third-order valence-corrected chi connectivity index (χ3v) is 3.10. The number of rotatable bonds is 10. The quantitative estimate of drug-likeness (QED) is 0.580. The van der Waals surface area contributed by atoms with Gasteiger partial charge in [0.05, 0.1) is 0 Å². The first-order chi connectivity index (χ1) is 8.11. The van der Waals surface area contributed by atoms with Crippen molar-refractivity contribution in [2.45, 2.75) is 71.8 Å². The van der Waals surface area contributed by atoms with Crippen molar-refractivity contribution in [2.24, 2.45) is 5.92 Å². The van der Waals surface area contributed by atoms with E-state index in [-0.39, 0.29) is 18.6 Å². The SMILES string of the molecule is CCCCCCCC(=O)NC(CCO)C(C)C. The van der Waals surface area contributed by atoms with Crippen molar-refractivity contribution in [2.75, 3.05) is 6.61 Å². The van der Waals surface area contributed by atoms with Gasteiger partial charge in [-0.25, -0.2) is 0 Å². The van der Waals surface area contributed by atoms with Crippen molar-refractivity contribution in [3.8, 4) is 0 Å². The molecule has 0 fully saturated rings. The Labute approximate surface area is 106 Å². The highest BCUT2D eigenvalue weighted by Gasteiger charge is 2.14. The average Bonchev–Trinajstić information content (AvgIpc) is 2.28. The van der Waals surface area contributed by atoms with Gasteiger partial charge in [0.15, 0.2) is 0 Å². The Morgan fingerprint density at radius 2 is 1.82 bits per heavy atom. The topological polar surface area (TPSA) is 49.3 Å². The summed E-state index contributed by atoms with van der Waals surface area (Å²) in [5, 5.41) is 11.9. The number of hydrogen-bond acceptors (Lipinski definition) is 2. The van der Waals surface area contributed by atoms with E-state index < -0.39 is 0 Å². The molecule has 0 radical (unpaired) electrons. The summed E-state index contributed by atoms with van der Waals surface area (Å²) in [6.45, 7) is 6.47. The Balaban J connectivity index is 3.67. The first-order valence-electron chi connectivity index (χ1n) is 7.02. The van der Waals surface area contributed by atoms with Gasteiger partial charge < -0.3 is 10.4 Å². The van der Waals surface area contributed by atoms with Gasteiger partial charge in [0, 0.05) is 19.1 Å². The van der Waals surface area contributed by atoms with Crippen LogP contribution in [-0.2, 0) is 4.79 Å². The molecule has 0 saturated carbocycles. The Morgan fingerprint density at radius 1 is 1.18 bits per heavy atom. The summed E-state index contributed by atoms with van der Waals surface area (Å²) in [6, 6.07) is 0.114. The minimum atomic E-state index is 0.114. The minimum Gasteiger partial charge on any atom is -0.396 e. The molecule has 0 aromatic carbocycles. The Morgan fingerprint density at radius 3 is 2.35 bits per heavy atom. The summed E-state index contributed by atoms with van der Waals surface area (Å²) in [7, 11) is 0. The van der Waals surface area contributed by atoms with Gasteiger partial charge in [-0.15, -0.1) is 0 Å². The number of nitrogens with one attached hydrogen (secondary N) is 1. The molecular weight excluding hydrogens is 214 g/mol. The lowest BCUT2D eigenvalue weighted by Crippen LogP contribution is -2.39.